The molecule has 0 saturated heterocycles. The summed E-state index contributed by atoms with van der Waals surface area (Å²) in [4.78, 5) is 18.3. The average molecular weight is 260 g/mol. The van der Waals surface area contributed by atoms with Gasteiger partial charge in [0.25, 0.3) is 0 Å². The summed E-state index contributed by atoms with van der Waals surface area (Å²) < 4.78 is 1.94. The summed E-state index contributed by atoms with van der Waals surface area (Å²) in [6, 6.07) is 5.55. The fourth-order valence-electron chi connectivity index (χ4n) is 2.16. The molecule has 5 heteroatoms. The van der Waals surface area contributed by atoms with Gasteiger partial charge in [0.15, 0.2) is 0 Å². The van der Waals surface area contributed by atoms with E-state index in [1.807, 2.05) is 54.5 Å². The van der Waals surface area contributed by atoms with Gasteiger partial charge >= 0.3 is 0 Å². The van der Waals surface area contributed by atoms with Crippen molar-refractivity contribution in [3.63, 3.8) is 0 Å². The van der Waals surface area contributed by atoms with Crippen LogP contribution in [0, 0.1) is 0 Å². The number of fused-ring (bicyclic) bond motifs is 1. The van der Waals surface area contributed by atoms with E-state index in [0.29, 0.717) is 0 Å². The van der Waals surface area contributed by atoms with Gasteiger partial charge in [-0.05, 0) is 32.9 Å². The number of nitrogens with one attached hydrogen (secondary N) is 1. The van der Waals surface area contributed by atoms with Crippen molar-refractivity contribution in [1.82, 2.24) is 14.3 Å². The van der Waals surface area contributed by atoms with Crippen molar-refractivity contribution >= 4 is 17.4 Å². The lowest BCUT2D eigenvalue weighted by molar-refractivity contribution is -0.131. The zero-order valence-electron chi connectivity index (χ0n) is 11.6. The van der Waals surface area contributed by atoms with Gasteiger partial charge in [0.2, 0.25) is 5.91 Å². The molecule has 2 rings (SSSR count). The maximum absolute atomic E-state index is 12.2. The van der Waals surface area contributed by atoms with Gasteiger partial charge < -0.3 is 10.2 Å². The number of aromatic nitrogens is 2. The summed E-state index contributed by atoms with van der Waals surface area (Å²) in [5.41, 5.74) is 0.868. The third-order valence-electron chi connectivity index (χ3n) is 3.24. The molecule has 2 aromatic rings. The molecule has 1 N–H and O–H groups in total. The predicted molar refractivity (Wildman–Crippen MR) is 76.2 cm³/mol. The van der Waals surface area contributed by atoms with Gasteiger partial charge in [-0.1, -0.05) is 6.07 Å². The third kappa shape index (κ3) is 2.70. The highest BCUT2D eigenvalue weighted by molar-refractivity contribution is 5.84. The van der Waals surface area contributed by atoms with Crippen LogP contribution >= 0.6 is 0 Å². The maximum atomic E-state index is 12.2. The highest BCUT2D eigenvalue weighted by Crippen LogP contribution is 2.12. The molecule has 0 bridgehead atoms. The quantitative estimate of drug-likeness (QED) is 0.894. The maximum Gasteiger partial charge on any atom is 0.244 e. The van der Waals surface area contributed by atoms with E-state index >= 15 is 0 Å². The molecule has 2 aromatic heterocycles. The van der Waals surface area contributed by atoms with Crippen LogP contribution < -0.4 is 5.32 Å². The number of carbonyl (C=O) groups excluding carboxylic acids is 1. The van der Waals surface area contributed by atoms with Gasteiger partial charge in [0, 0.05) is 25.5 Å². The van der Waals surface area contributed by atoms with Crippen LogP contribution in [0.4, 0.5) is 5.82 Å². The molecule has 102 valence electrons. The molecule has 0 aliphatic carbocycles. The van der Waals surface area contributed by atoms with Gasteiger partial charge in [-0.3, -0.25) is 9.20 Å². The summed E-state index contributed by atoms with van der Waals surface area (Å²) in [7, 11) is 0. The summed E-state index contributed by atoms with van der Waals surface area (Å²) in [6.07, 6.45) is 3.63. The molecule has 0 aliphatic rings. The number of imidazole rings is 1. The number of amides is 1. The van der Waals surface area contributed by atoms with Crippen molar-refractivity contribution < 1.29 is 4.79 Å². The van der Waals surface area contributed by atoms with Crippen molar-refractivity contribution in [2.45, 2.75) is 26.8 Å². The molecule has 19 heavy (non-hydrogen) atoms. The van der Waals surface area contributed by atoms with Crippen LogP contribution in [0.3, 0.4) is 0 Å². The standard InChI is InChI=1S/C14H20N4O/c1-4-17(5-2)14(19)11(3)16-13-8-6-7-12-15-9-10-18(12)13/h6-11,16H,4-5H2,1-3H3. The molecule has 0 saturated carbocycles. The highest BCUT2D eigenvalue weighted by Gasteiger charge is 2.18. The Labute approximate surface area is 113 Å². The van der Waals surface area contributed by atoms with E-state index in [1.165, 1.54) is 0 Å². The van der Waals surface area contributed by atoms with Gasteiger partial charge in [-0.2, -0.15) is 0 Å². The molecule has 0 fully saturated rings. The van der Waals surface area contributed by atoms with Crippen LogP contribution in [0.15, 0.2) is 30.6 Å². The molecule has 5 nitrogen and oxygen atoms in total. The van der Waals surface area contributed by atoms with Crippen molar-refractivity contribution in [3.8, 4) is 0 Å². The number of rotatable bonds is 5. The Morgan fingerprint density at radius 3 is 2.84 bits per heavy atom. The second-order valence-corrected chi connectivity index (χ2v) is 4.44. The Bertz CT molecular complexity index is 559. The molecule has 0 aliphatic heterocycles. The molecular formula is C14H20N4O. The number of carbonyl (C=O) groups is 1. The lowest BCUT2D eigenvalue weighted by Gasteiger charge is -2.24. The van der Waals surface area contributed by atoms with E-state index < -0.39 is 0 Å². The monoisotopic (exact) mass is 260 g/mol. The second-order valence-electron chi connectivity index (χ2n) is 4.44. The number of hydrogen-bond donors (Lipinski definition) is 1. The Morgan fingerprint density at radius 2 is 2.16 bits per heavy atom. The minimum absolute atomic E-state index is 0.113. The van der Waals surface area contributed by atoms with Crippen LogP contribution in [0.2, 0.25) is 0 Å². The number of pyridine rings is 1. The number of nitrogens with zero attached hydrogens (tertiary/aromatic N) is 3. The molecule has 1 unspecified atom stereocenters. The number of likely N-dealkylation sites (N-methyl/N-ethyl adjacent to an activating group) is 1. The Balaban J connectivity index is 2.16. The molecular weight excluding hydrogens is 240 g/mol. The van der Waals surface area contributed by atoms with Crippen molar-refractivity contribution in [1.29, 1.82) is 0 Å². The van der Waals surface area contributed by atoms with E-state index in [1.54, 1.807) is 6.20 Å². The molecule has 0 radical (unpaired) electrons. The molecule has 0 spiro atoms. The first-order valence-corrected chi connectivity index (χ1v) is 6.64. The smallest absolute Gasteiger partial charge is 0.244 e. The minimum atomic E-state index is -0.257. The normalized spacial score (nSPS) is 12.4. The number of anilines is 1. The van der Waals surface area contributed by atoms with E-state index in [0.717, 1.165) is 24.6 Å². The third-order valence-corrected chi connectivity index (χ3v) is 3.24. The van der Waals surface area contributed by atoms with E-state index in [2.05, 4.69) is 10.3 Å². The van der Waals surface area contributed by atoms with Crippen LogP contribution in [0.5, 0.6) is 0 Å². The average Bonchev–Trinajstić information content (AvgIpc) is 2.89. The van der Waals surface area contributed by atoms with Gasteiger partial charge in [0.05, 0.1) is 0 Å². The Morgan fingerprint density at radius 1 is 1.42 bits per heavy atom. The Kier molecular flexibility index (Phi) is 4.04. The fraction of sp³-hybridized carbons (Fsp3) is 0.429. The SMILES string of the molecule is CCN(CC)C(=O)C(C)Nc1cccc2nccn12. The van der Waals surface area contributed by atoms with Gasteiger partial charge in [-0.15, -0.1) is 0 Å². The summed E-state index contributed by atoms with van der Waals surface area (Å²) in [5.74, 6) is 0.991. The summed E-state index contributed by atoms with van der Waals surface area (Å²) in [5, 5.41) is 3.25. The lowest BCUT2D eigenvalue weighted by Crippen LogP contribution is -2.41. The largest absolute Gasteiger partial charge is 0.360 e. The molecule has 1 atom stereocenters. The van der Waals surface area contributed by atoms with Crippen LogP contribution in [-0.2, 0) is 4.79 Å². The first-order chi connectivity index (χ1) is 9.17. The van der Waals surface area contributed by atoms with Crippen molar-refractivity contribution in [3.05, 3.63) is 30.6 Å². The zero-order valence-corrected chi connectivity index (χ0v) is 11.6. The molecule has 1 amide bonds. The van der Waals surface area contributed by atoms with Crippen LogP contribution in [0.25, 0.3) is 5.65 Å². The van der Waals surface area contributed by atoms with Crippen LogP contribution in [-0.4, -0.2) is 39.3 Å². The minimum Gasteiger partial charge on any atom is -0.360 e. The highest BCUT2D eigenvalue weighted by atomic mass is 16.2. The predicted octanol–water partition coefficient (Wildman–Crippen LogP) is 2.00. The molecule has 2 heterocycles. The first-order valence-electron chi connectivity index (χ1n) is 6.64. The van der Waals surface area contributed by atoms with Crippen LogP contribution in [0.1, 0.15) is 20.8 Å². The van der Waals surface area contributed by atoms with E-state index in [-0.39, 0.29) is 11.9 Å². The summed E-state index contributed by atoms with van der Waals surface area (Å²) in [6.45, 7) is 7.33. The molecule has 0 aromatic carbocycles. The first kappa shape index (κ1) is 13.4. The van der Waals surface area contributed by atoms with Gasteiger partial charge in [0.1, 0.15) is 17.5 Å². The van der Waals surface area contributed by atoms with Crippen molar-refractivity contribution in [2.24, 2.45) is 0 Å². The lowest BCUT2D eigenvalue weighted by atomic mass is 10.2. The number of hydrogen-bond acceptors (Lipinski definition) is 3. The fourth-order valence-corrected chi connectivity index (χ4v) is 2.16. The van der Waals surface area contributed by atoms with Crippen molar-refractivity contribution in [2.75, 3.05) is 18.4 Å². The zero-order chi connectivity index (χ0) is 13.8. The van der Waals surface area contributed by atoms with E-state index in [4.69, 9.17) is 0 Å². The van der Waals surface area contributed by atoms with Gasteiger partial charge in [-0.25, -0.2) is 4.98 Å². The van der Waals surface area contributed by atoms with E-state index in [9.17, 15) is 4.79 Å². The second kappa shape index (κ2) is 5.73. The summed E-state index contributed by atoms with van der Waals surface area (Å²) >= 11 is 0. The topological polar surface area (TPSA) is 49.6 Å². The Hall–Kier alpha value is -2.04.